The fraction of sp³-hybridized carbons (Fsp3) is 0.400. The molecular weight excluding hydrogens is 164 g/mol. The molecule has 7 heteroatoms. The van der Waals surface area contributed by atoms with Gasteiger partial charge in [0.1, 0.15) is 0 Å². The normalized spacial score (nSPS) is 9.42. The molecule has 3 N–H and O–H groups in total. The molecule has 0 aromatic carbocycles. The first-order valence-electron chi connectivity index (χ1n) is 3.19. The third kappa shape index (κ3) is 2.11. The van der Waals surface area contributed by atoms with E-state index in [-0.39, 0.29) is 18.5 Å². The Labute approximate surface area is 67.8 Å². The number of aromatic nitrogens is 2. The van der Waals surface area contributed by atoms with Gasteiger partial charge in [0.2, 0.25) is 5.89 Å². The fourth-order valence-corrected chi connectivity index (χ4v) is 0.577. The Kier molecular flexibility index (Phi) is 2.46. The zero-order chi connectivity index (χ0) is 8.97. The number of carboxylic acid groups (broad SMARTS) is 1. The average molecular weight is 172 g/mol. The standard InChI is InChI=1S/C5H8N4O3/c1-6-4-9-8-3(12-4)2-7-5(10)11/h7H,2H2,1H3,(H,6,9)(H,10,11). The van der Waals surface area contributed by atoms with Crippen LogP contribution in [0.4, 0.5) is 10.8 Å². The largest absolute Gasteiger partial charge is 0.465 e. The molecular formula is C5H8N4O3. The molecule has 1 aromatic heterocycles. The Hall–Kier alpha value is -1.79. The quantitative estimate of drug-likeness (QED) is 0.587. The van der Waals surface area contributed by atoms with E-state index in [1.54, 1.807) is 7.05 Å². The number of amides is 1. The predicted molar refractivity (Wildman–Crippen MR) is 38.7 cm³/mol. The van der Waals surface area contributed by atoms with Gasteiger partial charge in [0.05, 0.1) is 6.54 Å². The molecule has 0 radical (unpaired) electrons. The smallest absolute Gasteiger partial charge is 0.405 e. The molecule has 0 aliphatic heterocycles. The Balaban J connectivity index is 2.47. The van der Waals surface area contributed by atoms with Crippen LogP contribution in [0.2, 0.25) is 0 Å². The molecule has 66 valence electrons. The Morgan fingerprint density at radius 2 is 2.42 bits per heavy atom. The van der Waals surface area contributed by atoms with Crippen molar-refractivity contribution in [3.63, 3.8) is 0 Å². The van der Waals surface area contributed by atoms with Gasteiger partial charge in [-0.3, -0.25) is 0 Å². The van der Waals surface area contributed by atoms with Gasteiger partial charge >= 0.3 is 12.1 Å². The number of hydrogen-bond donors (Lipinski definition) is 3. The summed E-state index contributed by atoms with van der Waals surface area (Å²) < 4.78 is 4.92. The summed E-state index contributed by atoms with van der Waals surface area (Å²) in [5.41, 5.74) is 0. The summed E-state index contributed by atoms with van der Waals surface area (Å²) in [4.78, 5) is 10.0. The van der Waals surface area contributed by atoms with Crippen LogP contribution in [0.1, 0.15) is 5.89 Å². The van der Waals surface area contributed by atoms with Crippen molar-refractivity contribution in [2.24, 2.45) is 0 Å². The lowest BCUT2D eigenvalue weighted by molar-refractivity contribution is 0.192. The van der Waals surface area contributed by atoms with E-state index in [4.69, 9.17) is 9.52 Å². The lowest BCUT2D eigenvalue weighted by Crippen LogP contribution is -2.20. The van der Waals surface area contributed by atoms with Crippen LogP contribution in [0.3, 0.4) is 0 Å². The minimum absolute atomic E-state index is 0.0179. The van der Waals surface area contributed by atoms with Crippen LogP contribution in [0.5, 0.6) is 0 Å². The van der Waals surface area contributed by atoms with Crippen LogP contribution in [-0.2, 0) is 6.54 Å². The van der Waals surface area contributed by atoms with Gasteiger partial charge in [0.15, 0.2) is 0 Å². The van der Waals surface area contributed by atoms with Crippen LogP contribution < -0.4 is 10.6 Å². The molecule has 0 atom stereocenters. The molecule has 0 saturated heterocycles. The van der Waals surface area contributed by atoms with Gasteiger partial charge in [0, 0.05) is 7.05 Å². The molecule has 0 saturated carbocycles. The number of rotatable bonds is 3. The summed E-state index contributed by atoms with van der Waals surface area (Å²) in [5.74, 6) is 0.224. The molecule has 0 aliphatic rings. The van der Waals surface area contributed by atoms with Gasteiger partial charge in [-0.15, -0.1) is 5.10 Å². The fourth-order valence-electron chi connectivity index (χ4n) is 0.577. The third-order valence-electron chi connectivity index (χ3n) is 1.07. The SMILES string of the molecule is CNc1nnc(CNC(=O)O)o1. The van der Waals surface area contributed by atoms with Crippen LogP contribution >= 0.6 is 0 Å². The van der Waals surface area contributed by atoms with E-state index in [1.165, 1.54) is 0 Å². The first kappa shape index (κ1) is 8.31. The molecule has 12 heavy (non-hydrogen) atoms. The van der Waals surface area contributed by atoms with E-state index in [2.05, 4.69) is 20.8 Å². The van der Waals surface area contributed by atoms with Gasteiger partial charge < -0.3 is 20.2 Å². The highest BCUT2D eigenvalue weighted by Crippen LogP contribution is 2.02. The number of nitrogens with one attached hydrogen (secondary N) is 2. The molecule has 1 heterocycles. The minimum Gasteiger partial charge on any atom is -0.465 e. The summed E-state index contributed by atoms with van der Waals surface area (Å²) in [6.07, 6.45) is -1.13. The van der Waals surface area contributed by atoms with E-state index >= 15 is 0 Å². The summed E-state index contributed by atoms with van der Waals surface area (Å²) in [6.45, 7) is 0.0179. The highest BCUT2D eigenvalue weighted by atomic mass is 16.4. The molecule has 1 aromatic rings. The van der Waals surface area contributed by atoms with Crippen molar-refractivity contribution in [1.82, 2.24) is 15.5 Å². The van der Waals surface area contributed by atoms with Gasteiger partial charge in [-0.1, -0.05) is 5.10 Å². The van der Waals surface area contributed by atoms with Crippen molar-refractivity contribution in [3.8, 4) is 0 Å². The second-order valence-electron chi connectivity index (χ2n) is 1.91. The number of nitrogens with zero attached hydrogens (tertiary/aromatic N) is 2. The van der Waals surface area contributed by atoms with Crippen LogP contribution in [0.25, 0.3) is 0 Å². The molecule has 1 rings (SSSR count). The maximum atomic E-state index is 10.0. The molecule has 0 unspecified atom stereocenters. The first-order valence-corrected chi connectivity index (χ1v) is 3.19. The Bertz CT molecular complexity index is 271. The number of hydrogen-bond acceptors (Lipinski definition) is 5. The van der Waals surface area contributed by atoms with E-state index in [0.717, 1.165) is 0 Å². The van der Waals surface area contributed by atoms with Crippen molar-refractivity contribution in [3.05, 3.63) is 5.89 Å². The third-order valence-corrected chi connectivity index (χ3v) is 1.07. The highest BCUT2D eigenvalue weighted by molar-refractivity contribution is 5.64. The second-order valence-corrected chi connectivity index (χ2v) is 1.91. The van der Waals surface area contributed by atoms with Crippen LogP contribution in [-0.4, -0.2) is 28.4 Å². The lowest BCUT2D eigenvalue weighted by Gasteiger charge is -1.93. The van der Waals surface area contributed by atoms with Gasteiger partial charge in [-0.05, 0) is 0 Å². The zero-order valence-corrected chi connectivity index (χ0v) is 6.37. The topological polar surface area (TPSA) is 100 Å². The van der Waals surface area contributed by atoms with Crippen LogP contribution in [0.15, 0.2) is 4.42 Å². The summed E-state index contributed by atoms with van der Waals surface area (Å²) >= 11 is 0. The van der Waals surface area contributed by atoms with Crippen molar-refractivity contribution in [2.75, 3.05) is 12.4 Å². The average Bonchev–Trinajstić information content (AvgIpc) is 2.48. The molecule has 0 spiro atoms. The number of anilines is 1. The molecule has 0 bridgehead atoms. The maximum absolute atomic E-state index is 10.0. The predicted octanol–water partition coefficient (Wildman–Crippen LogP) is -0.121. The van der Waals surface area contributed by atoms with Gasteiger partial charge in [-0.2, -0.15) is 0 Å². The lowest BCUT2D eigenvalue weighted by atomic mass is 10.6. The summed E-state index contributed by atoms with van der Waals surface area (Å²) in [5, 5.41) is 20.0. The zero-order valence-electron chi connectivity index (χ0n) is 6.37. The second kappa shape index (κ2) is 3.56. The molecule has 0 aliphatic carbocycles. The van der Waals surface area contributed by atoms with Gasteiger partial charge in [-0.25, -0.2) is 4.79 Å². The van der Waals surface area contributed by atoms with Crippen molar-refractivity contribution in [2.45, 2.75) is 6.54 Å². The summed E-state index contributed by atoms with van der Waals surface area (Å²) in [6, 6.07) is 0.261. The first-order chi connectivity index (χ1) is 5.72. The molecule has 7 nitrogen and oxygen atoms in total. The molecule has 1 amide bonds. The number of carbonyl (C=O) groups is 1. The monoisotopic (exact) mass is 172 g/mol. The minimum atomic E-state index is -1.13. The van der Waals surface area contributed by atoms with Crippen molar-refractivity contribution >= 4 is 12.1 Å². The van der Waals surface area contributed by atoms with E-state index in [1.807, 2.05) is 0 Å². The summed E-state index contributed by atoms with van der Waals surface area (Å²) in [7, 11) is 1.63. The Morgan fingerprint density at radius 3 is 2.92 bits per heavy atom. The van der Waals surface area contributed by atoms with E-state index in [9.17, 15) is 4.79 Å². The van der Waals surface area contributed by atoms with E-state index in [0.29, 0.717) is 0 Å². The van der Waals surface area contributed by atoms with Crippen molar-refractivity contribution < 1.29 is 14.3 Å². The van der Waals surface area contributed by atoms with Crippen molar-refractivity contribution in [1.29, 1.82) is 0 Å². The van der Waals surface area contributed by atoms with Gasteiger partial charge in [0.25, 0.3) is 0 Å². The molecule has 0 fully saturated rings. The Morgan fingerprint density at radius 1 is 1.67 bits per heavy atom. The maximum Gasteiger partial charge on any atom is 0.405 e. The van der Waals surface area contributed by atoms with E-state index < -0.39 is 6.09 Å². The highest BCUT2D eigenvalue weighted by Gasteiger charge is 2.04. The van der Waals surface area contributed by atoms with Crippen LogP contribution in [0, 0.1) is 0 Å².